The third kappa shape index (κ3) is 3.49. The first-order valence-electron chi connectivity index (χ1n) is 6.93. The zero-order valence-electron chi connectivity index (χ0n) is 11.8. The van der Waals surface area contributed by atoms with Crippen molar-refractivity contribution in [2.75, 3.05) is 13.2 Å². The molecule has 0 fully saturated rings. The Kier molecular flexibility index (Phi) is 4.31. The molecule has 2 heterocycles. The minimum absolute atomic E-state index is 0.587. The molecule has 0 spiro atoms. The minimum Gasteiger partial charge on any atom is -0.489 e. The molecular weight excluding hydrogens is 292 g/mol. The summed E-state index contributed by atoms with van der Waals surface area (Å²) in [6, 6.07) is 5.78. The Hall–Kier alpha value is -1.72. The molecule has 1 aromatic heterocycles. The lowest BCUT2D eigenvalue weighted by Gasteiger charge is -2.11. The summed E-state index contributed by atoms with van der Waals surface area (Å²) in [4.78, 5) is 0. The van der Waals surface area contributed by atoms with Crippen LogP contribution in [0.4, 0.5) is 0 Å². The maximum absolute atomic E-state index is 6.26. The molecule has 0 atom stereocenters. The van der Waals surface area contributed by atoms with Crippen LogP contribution in [-0.4, -0.2) is 18.4 Å². The second kappa shape index (κ2) is 6.37. The molecule has 1 aromatic carbocycles. The Balaban J connectivity index is 1.65. The van der Waals surface area contributed by atoms with Gasteiger partial charge in [-0.2, -0.15) is 0 Å². The number of hydrogen-bond donors (Lipinski definition) is 1. The van der Waals surface area contributed by atoms with E-state index >= 15 is 0 Å². The number of nitrogens with zero attached hydrogens (tertiary/aromatic N) is 1. The molecule has 0 bridgehead atoms. The van der Waals surface area contributed by atoms with Crippen LogP contribution in [0, 0.1) is 6.92 Å². The maximum atomic E-state index is 6.26. The highest BCUT2D eigenvalue weighted by Crippen LogP contribution is 2.37. The molecule has 0 unspecified atom stereocenters. The number of aromatic nitrogens is 1. The Morgan fingerprint density at radius 1 is 1.19 bits per heavy atom. The zero-order chi connectivity index (χ0) is 14.7. The first-order valence-corrected chi connectivity index (χ1v) is 7.31. The van der Waals surface area contributed by atoms with Gasteiger partial charge in [0.15, 0.2) is 11.5 Å². The van der Waals surface area contributed by atoms with Crippen LogP contribution in [0.5, 0.6) is 11.5 Å². The summed E-state index contributed by atoms with van der Waals surface area (Å²) < 4.78 is 16.3. The average molecular weight is 309 g/mol. The largest absolute Gasteiger partial charge is 0.489 e. The average Bonchev–Trinajstić information content (AvgIpc) is 2.73. The summed E-state index contributed by atoms with van der Waals surface area (Å²) in [6.45, 7) is 4.47. The van der Waals surface area contributed by atoms with Crippen LogP contribution in [0.1, 0.15) is 23.4 Å². The Labute approximate surface area is 128 Å². The summed E-state index contributed by atoms with van der Waals surface area (Å²) in [5.41, 5.74) is 1.93. The van der Waals surface area contributed by atoms with E-state index in [1.54, 1.807) is 0 Å². The van der Waals surface area contributed by atoms with Gasteiger partial charge in [-0.25, -0.2) is 0 Å². The quantitative estimate of drug-likeness (QED) is 0.940. The van der Waals surface area contributed by atoms with E-state index < -0.39 is 0 Å². The van der Waals surface area contributed by atoms with Crippen molar-refractivity contribution in [1.29, 1.82) is 0 Å². The van der Waals surface area contributed by atoms with Gasteiger partial charge in [-0.3, -0.25) is 0 Å². The molecule has 1 aliphatic rings. The van der Waals surface area contributed by atoms with Crippen molar-refractivity contribution in [3.63, 3.8) is 0 Å². The Bertz CT molecular complexity index is 627. The molecule has 3 rings (SSSR count). The van der Waals surface area contributed by atoms with Crippen LogP contribution in [-0.2, 0) is 13.1 Å². The normalized spacial score (nSPS) is 14.0. The Morgan fingerprint density at radius 3 is 2.86 bits per heavy atom. The first-order chi connectivity index (χ1) is 10.2. The number of aryl methyl sites for hydroxylation is 1. The number of halogens is 1. The van der Waals surface area contributed by atoms with Crippen LogP contribution < -0.4 is 14.8 Å². The van der Waals surface area contributed by atoms with Gasteiger partial charge in [0.1, 0.15) is 5.76 Å². The summed E-state index contributed by atoms with van der Waals surface area (Å²) in [5.74, 6) is 2.17. The molecule has 0 saturated carbocycles. The van der Waals surface area contributed by atoms with Crippen molar-refractivity contribution in [2.24, 2.45) is 0 Å². The predicted molar refractivity (Wildman–Crippen MR) is 78.8 cm³/mol. The van der Waals surface area contributed by atoms with Crippen LogP contribution >= 0.6 is 11.6 Å². The number of fused-ring (bicyclic) bond motifs is 1. The van der Waals surface area contributed by atoms with E-state index in [1.165, 1.54) is 0 Å². The van der Waals surface area contributed by atoms with Crippen molar-refractivity contribution in [3.05, 3.63) is 40.2 Å². The summed E-state index contributed by atoms with van der Waals surface area (Å²) in [7, 11) is 0. The van der Waals surface area contributed by atoms with Crippen molar-refractivity contribution >= 4 is 11.6 Å². The van der Waals surface area contributed by atoms with E-state index in [4.69, 9.17) is 25.6 Å². The van der Waals surface area contributed by atoms with Crippen molar-refractivity contribution in [2.45, 2.75) is 26.4 Å². The number of benzene rings is 1. The minimum atomic E-state index is 0.587. The van der Waals surface area contributed by atoms with Gasteiger partial charge < -0.3 is 19.3 Å². The molecular formula is C15H17ClN2O3. The SMILES string of the molecule is Cc1cc(CNCc2cc(Cl)c3c(c2)OCCCO3)no1. The highest BCUT2D eigenvalue weighted by molar-refractivity contribution is 6.32. The molecule has 112 valence electrons. The van der Waals surface area contributed by atoms with Crippen LogP contribution in [0.25, 0.3) is 0 Å². The molecule has 0 aliphatic carbocycles. The second-order valence-corrected chi connectivity index (χ2v) is 5.40. The lowest BCUT2D eigenvalue weighted by atomic mass is 10.2. The molecule has 21 heavy (non-hydrogen) atoms. The van der Waals surface area contributed by atoms with Gasteiger partial charge in [-0.05, 0) is 24.6 Å². The molecule has 6 heteroatoms. The van der Waals surface area contributed by atoms with Gasteiger partial charge in [0.2, 0.25) is 0 Å². The number of ether oxygens (including phenoxy) is 2. The number of nitrogens with one attached hydrogen (secondary N) is 1. The number of rotatable bonds is 4. The topological polar surface area (TPSA) is 56.5 Å². The highest BCUT2D eigenvalue weighted by Gasteiger charge is 2.15. The molecule has 0 amide bonds. The predicted octanol–water partition coefficient (Wildman–Crippen LogP) is 3.09. The van der Waals surface area contributed by atoms with Crippen molar-refractivity contribution in [1.82, 2.24) is 10.5 Å². The fourth-order valence-corrected chi connectivity index (χ4v) is 2.51. The van der Waals surface area contributed by atoms with Crippen LogP contribution in [0.3, 0.4) is 0 Å². The molecule has 1 N–H and O–H groups in total. The summed E-state index contributed by atoms with van der Waals surface area (Å²) in [5, 5.41) is 7.83. The van der Waals surface area contributed by atoms with E-state index in [9.17, 15) is 0 Å². The van der Waals surface area contributed by atoms with Gasteiger partial charge in [0, 0.05) is 25.6 Å². The van der Waals surface area contributed by atoms with Crippen molar-refractivity contribution < 1.29 is 14.0 Å². The molecule has 5 nitrogen and oxygen atoms in total. The zero-order valence-corrected chi connectivity index (χ0v) is 12.6. The van der Waals surface area contributed by atoms with Crippen molar-refractivity contribution in [3.8, 4) is 11.5 Å². The highest BCUT2D eigenvalue weighted by atomic mass is 35.5. The van der Waals surface area contributed by atoms with Crippen LogP contribution in [0.2, 0.25) is 5.02 Å². The summed E-state index contributed by atoms with van der Waals surface area (Å²) >= 11 is 6.26. The third-order valence-electron chi connectivity index (χ3n) is 3.17. The fourth-order valence-electron chi connectivity index (χ4n) is 2.22. The first kappa shape index (κ1) is 14.2. The van der Waals surface area contributed by atoms with Crippen LogP contribution in [0.15, 0.2) is 22.7 Å². The van der Waals surface area contributed by atoms with Gasteiger partial charge in [-0.1, -0.05) is 16.8 Å². The number of hydrogen-bond acceptors (Lipinski definition) is 5. The van der Waals surface area contributed by atoms with E-state index in [0.717, 1.165) is 23.4 Å². The monoisotopic (exact) mass is 308 g/mol. The third-order valence-corrected chi connectivity index (χ3v) is 3.45. The second-order valence-electron chi connectivity index (χ2n) is 4.99. The van der Waals surface area contributed by atoms with Gasteiger partial charge in [-0.15, -0.1) is 0 Å². The smallest absolute Gasteiger partial charge is 0.179 e. The molecule has 1 aliphatic heterocycles. The van der Waals surface area contributed by atoms with E-state index in [1.807, 2.05) is 25.1 Å². The molecule has 0 saturated heterocycles. The van der Waals surface area contributed by atoms with Gasteiger partial charge >= 0.3 is 0 Å². The standard InChI is InChI=1S/C15H17ClN2O3/c1-10-5-12(18-21-10)9-17-8-11-6-13(16)15-14(7-11)19-3-2-4-20-15/h5-7,17H,2-4,8-9H2,1H3. The van der Waals surface area contributed by atoms with E-state index in [-0.39, 0.29) is 0 Å². The molecule has 0 radical (unpaired) electrons. The van der Waals surface area contributed by atoms with E-state index in [2.05, 4.69) is 10.5 Å². The Morgan fingerprint density at radius 2 is 2.05 bits per heavy atom. The maximum Gasteiger partial charge on any atom is 0.179 e. The van der Waals surface area contributed by atoms with Gasteiger partial charge in [0.25, 0.3) is 0 Å². The lowest BCUT2D eigenvalue weighted by molar-refractivity contribution is 0.297. The molecule has 2 aromatic rings. The van der Waals surface area contributed by atoms with E-state index in [0.29, 0.717) is 42.8 Å². The lowest BCUT2D eigenvalue weighted by Crippen LogP contribution is -2.13. The summed E-state index contributed by atoms with van der Waals surface area (Å²) in [6.07, 6.45) is 0.865. The van der Waals surface area contributed by atoms with Gasteiger partial charge in [0.05, 0.1) is 23.9 Å². The fraction of sp³-hybridized carbons (Fsp3) is 0.400.